The summed E-state index contributed by atoms with van der Waals surface area (Å²) in [5.41, 5.74) is 0.874. The minimum absolute atomic E-state index is 0.229. The molecule has 4 heteroatoms. The average molecular weight is 302 g/mol. The summed E-state index contributed by atoms with van der Waals surface area (Å²) in [6, 6.07) is 11.9. The monoisotopic (exact) mass is 302 g/mol. The lowest BCUT2D eigenvalue weighted by Gasteiger charge is -2.40. The Labute approximate surface area is 132 Å². The molecule has 0 aromatic heterocycles. The summed E-state index contributed by atoms with van der Waals surface area (Å²) in [5, 5.41) is 3.06. The number of ether oxygens (including phenoxy) is 1. The van der Waals surface area contributed by atoms with Crippen LogP contribution in [0.3, 0.4) is 0 Å². The summed E-state index contributed by atoms with van der Waals surface area (Å²) in [6.45, 7) is 5.69. The van der Waals surface area contributed by atoms with E-state index in [9.17, 15) is 4.79 Å². The van der Waals surface area contributed by atoms with E-state index < -0.39 is 5.60 Å². The third kappa shape index (κ3) is 3.37. The third-order valence-electron chi connectivity index (χ3n) is 4.51. The number of benzene rings is 1. The zero-order valence-electron chi connectivity index (χ0n) is 13.7. The van der Waals surface area contributed by atoms with E-state index in [0.29, 0.717) is 12.1 Å². The Bertz CT molecular complexity index is 510. The van der Waals surface area contributed by atoms with Crippen LogP contribution in [0.5, 0.6) is 0 Å². The number of carbonyl (C=O) groups is 1. The third-order valence-corrected chi connectivity index (χ3v) is 4.51. The first-order chi connectivity index (χ1) is 10.4. The van der Waals surface area contributed by atoms with Crippen molar-refractivity contribution in [2.24, 2.45) is 0 Å². The van der Waals surface area contributed by atoms with Crippen LogP contribution in [0, 0.1) is 0 Å². The first-order valence-electron chi connectivity index (χ1n) is 8.25. The van der Waals surface area contributed by atoms with Gasteiger partial charge in [0.1, 0.15) is 5.60 Å². The van der Waals surface area contributed by atoms with Crippen molar-refractivity contribution in [2.45, 2.75) is 70.2 Å². The predicted molar refractivity (Wildman–Crippen MR) is 88.1 cm³/mol. The minimum Gasteiger partial charge on any atom is -0.444 e. The summed E-state index contributed by atoms with van der Waals surface area (Å²) in [4.78, 5) is 14.5. The number of hydrogen-bond donors (Lipinski definition) is 1. The Morgan fingerprint density at radius 3 is 2.27 bits per heavy atom. The lowest BCUT2D eigenvalue weighted by atomic mass is 9.96. The van der Waals surface area contributed by atoms with Gasteiger partial charge in [-0.05, 0) is 58.6 Å². The van der Waals surface area contributed by atoms with Crippen LogP contribution in [0.4, 0.5) is 10.5 Å². The smallest absolute Gasteiger partial charge is 0.407 e. The highest BCUT2D eigenvalue weighted by molar-refractivity contribution is 5.68. The van der Waals surface area contributed by atoms with Crippen LogP contribution in [0.1, 0.15) is 46.5 Å². The lowest BCUT2D eigenvalue weighted by molar-refractivity contribution is 0.0492. The Kier molecular flexibility index (Phi) is 4.02. The van der Waals surface area contributed by atoms with Crippen molar-refractivity contribution >= 4 is 11.8 Å². The number of para-hydroxylation sites is 1. The van der Waals surface area contributed by atoms with Gasteiger partial charge in [-0.25, -0.2) is 4.79 Å². The van der Waals surface area contributed by atoms with Crippen molar-refractivity contribution in [3.05, 3.63) is 30.3 Å². The van der Waals surface area contributed by atoms with E-state index in [2.05, 4.69) is 40.5 Å². The van der Waals surface area contributed by atoms with E-state index in [4.69, 9.17) is 4.74 Å². The van der Waals surface area contributed by atoms with Gasteiger partial charge in [-0.1, -0.05) is 18.2 Å². The molecule has 2 bridgehead atoms. The highest BCUT2D eigenvalue weighted by Gasteiger charge is 2.41. The van der Waals surface area contributed by atoms with Crippen LogP contribution in [0.15, 0.2) is 30.3 Å². The molecule has 3 rings (SSSR count). The molecule has 1 aromatic carbocycles. The molecule has 1 N–H and O–H groups in total. The Morgan fingerprint density at radius 2 is 1.73 bits per heavy atom. The van der Waals surface area contributed by atoms with Crippen LogP contribution in [-0.4, -0.2) is 29.8 Å². The van der Waals surface area contributed by atoms with E-state index in [-0.39, 0.29) is 12.1 Å². The van der Waals surface area contributed by atoms with Crippen molar-refractivity contribution in [3.8, 4) is 0 Å². The molecule has 0 radical (unpaired) electrons. The largest absolute Gasteiger partial charge is 0.444 e. The number of fused-ring (bicyclic) bond motifs is 2. The van der Waals surface area contributed by atoms with Crippen LogP contribution in [0.25, 0.3) is 0 Å². The van der Waals surface area contributed by atoms with E-state index in [1.165, 1.54) is 18.5 Å². The van der Waals surface area contributed by atoms with Crippen molar-refractivity contribution in [2.75, 3.05) is 4.90 Å². The number of nitrogens with zero attached hydrogens (tertiary/aromatic N) is 1. The van der Waals surface area contributed by atoms with Gasteiger partial charge in [0.2, 0.25) is 0 Å². The molecule has 2 atom stereocenters. The van der Waals surface area contributed by atoms with Crippen molar-refractivity contribution in [1.82, 2.24) is 5.32 Å². The number of alkyl carbamates (subject to hydrolysis) is 1. The maximum absolute atomic E-state index is 12.0. The zero-order valence-corrected chi connectivity index (χ0v) is 13.7. The first-order valence-corrected chi connectivity index (χ1v) is 8.25. The summed E-state index contributed by atoms with van der Waals surface area (Å²) in [6.07, 6.45) is 4.15. The fourth-order valence-corrected chi connectivity index (χ4v) is 3.79. The topological polar surface area (TPSA) is 41.6 Å². The molecule has 2 aliphatic rings. The van der Waals surface area contributed by atoms with Crippen molar-refractivity contribution < 1.29 is 9.53 Å². The summed E-state index contributed by atoms with van der Waals surface area (Å²) < 4.78 is 5.38. The van der Waals surface area contributed by atoms with E-state index in [1.807, 2.05) is 20.8 Å². The quantitative estimate of drug-likeness (QED) is 0.905. The molecule has 22 heavy (non-hydrogen) atoms. The van der Waals surface area contributed by atoms with Crippen LogP contribution in [-0.2, 0) is 4.74 Å². The first kappa shape index (κ1) is 15.2. The van der Waals surface area contributed by atoms with Gasteiger partial charge in [0.15, 0.2) is 0 Å². The van der Waals surface area contributed by atoms with E-state index in [0.717, 1.165) is 12.8 Å². The number of anilines is 1. The molecule has 0 saturated carbocycles. The van der Waals surface area contributed by atoms with Crippen molar-refractivity contribution in [3.63, 3.8) is 0 Å². The van der Waals surface area contributed by atoms with Gasteiger partial charge < -0.3 is 15.0 Å². The molecule has 2 fully saturated rings. The average Bonchev–Trinajstić information content (AvgIpc) is 2.69. The molecule has 2 saturated heterocycles. The highest BCUT2D eigenvalue weighted by Crippen LogP contribution is 2.39. The van der Waals surface area contributed by atoms with Gasteiger partial charge in [-0.3, -0.25) is 0 Å². The fraction of sp³-hybridized carbons (Fsp3) is 0.611. The lowest BCUT2D eigenvalue weighted by Crippen LogP contribution is -2.51. The number of rotatable bonds is 2. The van der Waals surface area contributed by atoms with E-state index >= 15 is 0 Å². The second-order valence-corrected chi connectivity index (χ2v) is 7.44. The Morgan fingerprint density at radius 1 is 1.14 bits per heavy atom. The molecule has 0 aliphatic carbocycles. The highest BCUT2D eigenvalue weighted by atomic mass is 16.6. The molecular formula is C18H26N2O2. The summed E-state index contributed by atoms with van der Waals surface area (Å²) >= 11 is 0. The second-order valence-electron chi connectivity index (χ2n) is 7.44. The molecule has 120 valence electrons. The summed E-state index contributed by atoms with van der Waals surface area (Å²) in [7, 11) is 0. The van der Waals surface area contributed by atoms with Gasteiger partial charge in [-0.15, -0.1) is 0 Å². The maximum atomic E-state index is 12.0. The Balaban J connectivity index is 1.62. The normalized spacial score (nSPS) is 27.6. The molecular weight excluding hydrogens is 276 g/mol. The van der Waals surface area contributed by atoms with Crippen molar-refractivity contribution in [1.29, 1.82) is 0 Å². The number of amides is 1. The number of piperidine rings is 1. The Hall–Kier alpha value is -1.71. The van der Waals surface area contributed by atoms with Gasteiger partial charge in [-0.2, -0.15) is 0 Å². The predicted octanol–water partition coefficient (Wildman–Crippen LogP) is 3.71. The summed E-state index contributed by atoms with van der Waals surface area (Å²) in [5.74, 6) is 0. The van der Waals surface area contributed by atoms with Gasteiger partial charge in [0.05, 0.1) is 0 Å². The molecule has 0 spiro atoms. The maximum Gasteiger partial charge on any atom is 0.407 e. The van der Waals surface area contributed by atoms with E-state index in [1.54, 1.807) is 0 Å². The SMILES string of the molecule is CC(C)(C)OC(=O)NC1CC2CCC(C1)N2c1ccccc1. The van der Waals surface area contributed by atoms with Crippen LogP contribution < -0.4 is 10.2 Å². The molecule has 2 heterocycles. The molecule has 1 amide bonds. The number of carbonyl (C=O) groups excluding carboxylic acids is 1. The molecule has 1 aromatic rings. The zero-order chi connectivity index (χ0) is 15.7. The molecule has 2 aliphatic heterocycles. The molecule has 2 unspecified atom stereocenters. The minimum atomic E-state index is -0.437. The fourth-order valence-electron chi connectivity index (χ4n) is 3.79. The standard InChI is InChI=1S/C18H26N2O2/c1-18(2,3)22-17(21)19-13-11-15-9-10-16(12-13)20(15)14-7-5-4-6-8-14/h4-8,13,15-16H,9-12H2,1-3H3,(H,19,21). The van der Waals surface area contributed by atoms with Crippen LogP contribution >= 0.6 is 0 Å². The van der Waals surface area contributed by atoms with Gasteiger partial charge in [0.25, 0.3) is 0 Å². The van der Waals surface area contributed by atoms with Gasteiger partial charge >= 0.3 is 6.09 Å². The second kappa shape index (κ2) is 5.82. The number of hydrogen-bond acceptors (Lipinski definition) is 3. The van der Waals surface area contributed by atoms with Gasteiger partial charge in [0, 0.05) is 23.8 Å². The number of nitrogens with one attached hydrogen (secondary N) is 1. The van der Waals surface area contributed by atoms with Crippen LogP contribution in [0.2, 0.25) is 0 Å². The molecule has 4 nitrogen and oxygen atoms in total.